The van der Waals surface area contributed by atoms with Crippen LogP contribution in [0.15, 0.2) is 18.2 Å². The van der Waals surface area contributed by atoms with Crippen LogP contribution in [-0.2, 0) is 11.2 Å². The third-order valence-corrected chi connectivity index (χ3v) is 4.75. The smallest absolute Gasteiger partial charge is 0.471 e. The van der Waals surface area contributed by atoms with Gasteiger partial charge >= 0.3 is 12.1 Å². The van der Waals surface area contributed by atoms with Gasteiger partial charge in [0.15, 0.2) is 5.78 Å². The number of ether oxygens (including phenoxy) is 1. The predicted molar refractivity (Wildman–Crippen MR) is 80.0 cm³/mol. The Morgan fingerprint density at radius 2 is 1.92 bits per heavy atom. The normalized spacial score (nSPS) is 19.1. The number of alkyl halides is 3. The molecule has 4 nitrogen and oxygen atoms in total. The van der Waals surface area contributed by atoms with Crippen LogP contribution in [0.4, 0.5) is 13.2 Å². The van der Waals surface area contributed by atoms with E-state index in [9.17, 15) is 22.8 Å². The molecule has 7 heteroatoms. The molecule has 0 saturated carbocycles. The average molecular weight is 341 g/mol. The van der Waals surface area contributed by atoms with Gasteiger partial charge in [0.05, 0.1) is 0 Å². The van der Waals surface area contributed by atoms with Crippen molar-refractivity contribution in [1.29, 1.82) is 0 Å². The highest BCUT2D eigenvalue weighted by atomic mass is 19.4. The molecule has 130 valence electrons. The second kappa shape index (κ2) is 5.79. The summed E-state index contributed by atoms with van der Waals surface area (Å²) in [5.74, 6) is -1.06. The van der Waals surface area contributed by atoms with Crippen LogP contribution in [0, 0.1) is 0 Å². The Balaban J connectivity index is 1.70. The van der Waals surface area contributed by atoms with Crippen LogP contribution >= 0.6 is 0 Å². The molecule has 1 amide bonds. The molecular formula is C17H18F3NO3. The van der Waals surface area contributed by atoms with E-state index in [4.69, 9.17) is 4.74 Å². The Hall–Kier alpha value is -2.05. The molecule has 0 aromatic heterocycles. The maximum absolute atomic E-state index is 12.5. The molecule has 0 N–H and O–H groups in total. The first-order valence-electron chi connectivity index (χ1n) is 7.95. The number of nitrogens with zero attached hydrogens (tertiary/aromatic N) is 1. The Bertz CT molecular complexity index is 676. The summed E-state index contributed by atoms with van der Waals surface area (Å²) >= 11 is 0. The molecule has 3 rings (SSSR count). The minimum atomic E-state index is -4.83. The minimum absolute atomic E-state index is 0.0209. The van der Waals surface area contributed by atoms with Crippen molar-refractivity contribution in [1.82, 2.24) is 4.90 Å². The molecule has 1 spiro atoms. The molecule has 24 heavy (non-hydrogen) atoms. The van der Waals surface area contributed by atoms with E-state index in [0.717, 1.165) is 10.5 Å². The number of carbonyl (C=O) groups excluding carboxylic acids is 2. The van der Waals surface area contributed by atoms with Gasteiger partial charge in [-0.1, -0.05) is 6.92 Å². The Labute approximate surface area is 137 Å². The first-order valence-corrected chi connectivity index (χ1v) is 7.95. The number of amides is 1. The standard InChI is InChI=1S/C17H18F3NO3/c1-2-13(22)11-3-4-14-12(9-11)10-16(24-14)5-7-21(8-6-16)15(23)17(18,19)20/h3-4,9H,2,5-8,10H2,1H3. The van der Waals surface area contributed by atoms with Crippen molar-refractivity contribution < 1.29 is 27.5 Å². The molecule has 1 aromatic rings. The summed E-state index contributed by atoms with van der Waals surface area (Å²) in [7, 11) is 0. The van der Waals surface area contributed by atoms with Gasteiger partial charge < -0.3 is 9.64 Å². The van der Waals surface area contributed by atoms with Gasteiger partial charge in [-0.3, -0.25) is 9.59 Å². The summed E-state index contributed by atoms with van der Waals surface area (Å²) in [5, 5.41) is 0. The highest BCUT2D eigenvalue weighted by Gasteiger charge is 2.48. The van der Waals surface area contributed by atoms with Crippen molar-refractivity contribution in [3.63, 3.8) is 0 Å². The lowest BCUT2D eigenvalue weighted by molar-refractivity contribution is -0.188. The van der Waals surface area contributed by atoms with Crippen molar-refractivity contribution in [2.75, 3.05) is 13.1 Å². The molecule has 1 fully saturated rings. The van der Waals surface area contributed by atoms with E-state index in [1.54, 1.807) is 19.1 Å². The topological polar surface area (TPSA) is 46.6 Å². The van der Waals surface area contributed by atoms with E-state index in [2.05, 4.69) is 0 Å². The van der Waals surface area contributed by atoms with Crippen LogP contribution in [0.25, 0.3) is 0 Å². The van der Waals surface area contributed by atoms with Crippen molar-refractivity contribution in [2.45, 2.75) is 44.4 Å². The summed E-state index contributed by atoms with van der Waals surface area (Å²) in [4.78, 5) is 24.0. The molecule has 1 aromatic carbocycles. The quantitative estimate of drug-likeness (QED) is 0.777. The Kier molecular flexibility index (Phi) is 4.05. The fourth-order valence-corrected chi connectivity index (χ4v) is 3.39. The van der Waals surface area contributed by atoms with Crippen molar-refractivity contribution in [3.05, 3.63) is 29.3 Å². The van der Waals surface area contributed by atoms with E-state index < -0.39 is 17.7 Å². The minimum Gasteiger partial charge on any atom is -0.487 e. The summed E-state index contributed by atoms with van der Waals surface area (Å²) in [6.07, 6.45) is -3.17. The molecule has 1 saturated heterocycles. The summed E-state index contributed by atoms with van der Waals surface area (Å²) in [6.45, 7) is 1.83. The van der Waals surface area contributed by atoms with E-state index in [1.807, 2.05) is 6.07 Å². The van der Waals surface area contributed by atoms with Gasteiger partial charge in [-0.05, 0) is 23.8 Å². The maximum atomic E-state index is 12.5. The third kappa shape index (κ3) is 2.99. The molecule has 2 aliphatic rings. The SMILES string of the molecule is CCC(=O)c1ccc2c(c1)CC1(CCN(C(=O)C(F)(F)F)CC1)O2. The third-order valence-electron chi connectivity index (χ3n) is 4.75. The van der Waals surface area contributed by atoms with Gasteiger partial charge in [0.2, 0.25) is 0 Å². The summed E-state index contributed by atoms with van der Waals surface area (Å²) in [5.41, 5.74) is 0.963. The molecule has 0 radical (unpaired) electrons. The fourth-order valence-electron chi connectivity index (χ4n) is 3.39. The number of hydrogen-bond donors (Lipinski definition) is 0. The number of halogens is 3. The number of ketones is 1. The molecule has 0 atom stereocenters. The van der Waals surface area contributed by atoms with E-state index in [1.165, 1.54) is 0 Å². The first-order chi connectivity index (χ1) is 11.2. The highest BCUT2D eigenvalue weighted by Crippen LogP contribution is 2.41. The lowest BCUT2D eigenvalue weighted by Crippen LogP contribution is -2.52. The van der Waals surface area contributed by atoms with Gasteiger partial charge in [-0.2, -0.15) is 13.2 Å². The fraction of sp³-hybridized carbons (Fsp3) is 0.529. The lowest BCUT2D eigenvalue weighted by atomic mass is 9.86. The van der Waals surface area contributed by atoms with Gasteiger partial charge in [0.1, 0.15) is 11.4 Å². The summed E-state index contributed by atoms with van der Waals surface area (Å²) < 4.78 is 43.5. The zero-order valence-corrected chi connectivity index (χ0v) is 13.3. The van der Waals surface area contributed by atoms with Crippen LogP contribution in [0.5, 0.6) is 5.75 Å². The van der Waals surface area contributed by atoms with Gasteiger partial charge in [-0.15, -0.1) is 0 Å². The van der Waals surface area contributed by atoms with Crippen LogP contribution < -0.4 is 4.74 Å². The zero-order chi connectivity index (χ0) is 17.5. The number of piperidine rings is 1. The number of hydrogen-bond acceptors (Lipinski definition) is 3. The largest absolute Gasteiger partial charge is 0.487 e. The Morgan fingerprint density at radius 3 is 2.50 bits per heavy atom. The molecule has 0 bridgehead atoms. The summed E-state index contributed by atoms with van der Waals surface area (Å²) in [6, 6.07) is 5.27. The number of carbonyl (C=O) groups is 2. The molecule has 2 heterocycles. The van der Waals surface area contributed by atoms with Crippen LogP contribution in [0.3, 0.4) is 0 Å². The van der Waals surface area contributed by atoms with E-state index in [0.29, 0.717) is 37.0 Å². The molecule has 2 aliphatic heterocycles. The zero-order valence-electron chi connectivity index (χ0n) is 13.3. The van der Waals surface area contributed by atoms with Crippen molar-refractivity contribution in [3.8, 4) is 5.75 Å². The van der Waals surface area contributed by atoms with Crippen LogP contribution in [0.1, 0.15) is 42.1 Å². The number of rotatable bonds is 2. The monoisotopic (exact) mass is 341 g/mol. The van der Waals surface area contributed by atoms with Crippen molar-refractivity contribution in [2.24, 2.45) is 0 Å². The van der Waals surface area contributed by atoms with Crippen LogP contribution in [0.2, 0.25) is 0 Å². The second-order valence-corrected chi connectivity index (χ2v) is 6.35. The molecular weight excluding hydrogens is 323 g/mol. The number of fused-ring (bicyclic) bond motifs is 1. The van der Waals surface area contributed by atoms with Gasteiger partial charge in [0.25, 0.3) is 0 Å². The van der Waals surface area contributed by atoms with Crippen molar-refractivity contribution >= 4 is 11.7 Å². The van der Waals surface area contributed by atoms with E-state index in [-0.39, 0.29) is 18.9 Å². The number of benzene rings is 1. The van der Waals surface area contributed by atoms with Crippen LogP contribution in [-0.4, -0.2) is 41.5 Å². The lowest BCUT2D eigenvalue weighted by Gasteiger charge is -2.38. The molecule has 0 unspecified atom stereocenters. The first kappa shape index (κ1) is 16.8. The Morgan fingerprint density at radius 1 is 1.25 bits per heavy atom. The average Bonchev–Trinajstić information content (AvgIpc) is 2.90. The highest BCUT2D eigenvalue weighted by molar-refractivity contribution is 5.96. The predicted octanol–water partition coefficient (Wildman–Crippen LogP) is 3.14. The van der Waals surface area contributed by atoms with Gasteiger partial charge in [-0.25, -0.2) is 0 Å². The van der Waals surface area contributed by atoms with E-state index >= 15 is 0 Å². The van der Waals surface area contributed by atoms with Gasteiger partial charge in [0, 0.05) is 44.3 Å². The maximum Gasteiger partial charge on any atom is 0.471 e. The number of likely N-dealkylation sites (tertiary alicyclic amines) is 1. The molecule has 0 aliphatic carbocycles. The second-order valence-electron chi connectivity index (χ2n) is 6.35. The number of Topliss-reactive ketones (excluding diaryl/α,β-unsaturated/α-hetero) is 1.